The average molecular weight is 331 g/mol. The van der Waals surface area contributed by atoms with Crippen LogP contribution in [0.5, 0.6) is 0 Å². The van der Waals surface area contributed by atoms with Crippen LogP contribution in [-0.2, 0) is 9.63 Å². The number of hydrogen-bond acceptors (Lipinski definition) is 4. The summed E-state index contributed by atoms with van der Waals surface area (Å²) in [5, 5.41) is 10.6. The number of hydrogen-bond donors (Lipinski definition) is 2. The molecule has 0 radical (unpaired) electrons. The molecule has 4 rings (SSSR count). The van der Waals surface area contributed by atoms with Crippen molar-refractivity contribution < 1.29 is 14.7 Å². The Morgan fingerprint density at radius 1 is 1.25 bits per heavy atom. The Hall–Kier alpha value is -0.970. The first-order chi connectivity index (χ1) is 11.4. The normalized spacial score (nSPS) is 50.1. The summed E-state index contributed by atoms with van der Waals surface area (Å²) in [6.45, 7) is 5.16. The summed E-state index contributed by atoms with van der Waals surface area (Å²) in [6, 6.07) is 0. The van der Waals surface area contributed by atoms with E-state index >= 15 is 0 Å². The maximum atomic E-state index is 11.9. The van der Waals surface area contributed by atoms with E-state index in [-0.39, 0.29) is 28.6 Å². The van der Waals surface area contributed by atoms with Gasteiger partial charge in [-0.25, -0.2) is 5.90 Å². The third-order valence-electron chi connectivity index (χ3n) is 8.03. The van der Waals surface area contributed by atoms with Crippen molar-refractivity contribution in [2.75, 3.05) is 6.61 Å². The first kappa shape index (κ1) is 16.5. The van der Waals surface area contributed by atoms with E-state index in [1.165, 1.54) is 5.57 Å². The van der Waals surface area contributed by atoms with Crippen molar-refractivity contribution in [3.8, 4) is 0 Å². The van der Waals surface area contributed by atoms with Crippen molar-refractivity contribution in [3.05, 3.63) is 23.8 Å². The highest BCUT2D eigenvalue weighted by Crippen LogP contribution is 2.67. The SMILES string of the molecule is CC12CC[C@]3(C)C4C=CC(=O)C=C4[C@H](CON)CC3C1CCC2O. The first-order valence-corrected chi connectivity index (χ1v) is 9.33. The molecule has 5 unspecified atom stereocenters. The highest BCUT2D eigenvalue weighted by molar-refractivity contribution is 6.01. The molecule has 3 saturated carbocycles. The Bertz CT molecular complexity index is 612. The van der Waals surface area contributed by atoms with Gasteiger partial charge in [0.1, 0.15) is 0 Å². The number of fused-ring (bicyclic) bond motifs is 5. The van der Waals surface area contributed by atoms with Gasteiger partial charge < -0.3 is 9.94 Å². The van der Waals surface area contributed by atoms with Crippen LogP contribution in [0.3, 0.4) is 0 Å². The molecule has 4 nitrogen and oxygen atoms in total. The van der Waals surface area contributed by atoms with Crippen molar-refractivity contribution in [1.82, 2.24) is 0 Å². The van der Waals surface area contributed by atoms with Crippen LogP contribution in [0.15, 0.2) is 23.8 Å². The number of rotatable bonds is 2. The number of ketones is 1. The average Bonchev–Trinajstić information content (AvgIpc) is 2.85. The van der Waals surface area contributed by atoms with Gasteiger partial charge in [0, 0.05) is 11.8 Å². The minimum atomic E-state index is -0.170. The second-order valence-electron chi connectivity index (χ2n) is 8.97. The first-order valence-electron chi connectivity index (χ1n) is 9.33. The second-order valence-corrected chi connectivity index (χ2v) is 8.97. The lowest BCUT2D eigenvalue weighted by Gasteiger charge is -2.60. The highest BCUT2D eigenvalue weighted by Gasteiger charge is 2.61. The van der Waals surface area contributed by atoms with E-state index in [1.807, 2.05) is 6.08 Å². The minimum Gasteiger partial charge on any atom is -0.393 e. The Kier molecular flexibility index (Phi) is 3.79. The number of nitrogens with two attached hydrogens (primary N) is 1. The number of carbonyl (C=O) groups excluding carboxylic acids is 1. The highest BCUT2D eigenvalue weighted by atomic mass is 16.6. The van der Waals surface area contributed by atoms with Crippen molar-refractivity contribution in [2.24, 2.45) is 40.4 Å². The monoisotopic (exact) mass is 331 g/mol. The predicted octanol–water partition coefficient (Wildman–Crippen LogP) is 2.77. The van der Waals surface area contributed by atoms with Crippen molar-refractivity contribution in [1.29, 1.82) is 0 Å². The van der Waals surface area contributed by atoms with Crippen LogP contribution < -0.4 is 5.90 Å². The van der Waals surface area contributed by atoms with Gasteiger partial charge in [-0.15, -0.1) is 0 Å². The fraction of sp³-hybridized carbons (Fsp3) is 0.750. The standard InChI is InChI=1S/C20H29NO3/c1-19-7-8-20(2)16(5-6-18(20)23)17(19)9-12(11-24-21)14-10-13(22)3-4-15(14)19/h3-4,10,12,15-18,23H,5-9,11,21H2,1-2H3/t12-,15?,16?,17?,18?,19+,20?/m0/s1. The molecule has 3 N–H and O–H groups in total. The van der Waals surface area contributed by atoms with Crippen LogP contribution in [0.25, 0.3) is 0 Å². The third kappa shape index (κ3) is 2.12. The van der Waals surface area contributed by atoms with E-state index in [4.69, 9.17) is 10.7 Å². The lowest BCUT2D eigenvalue weighted by molar-refractivity contribution is -0.112. The van der Waals surface area contributed by atoms with E-state index in [0.29, 0.717) is 24.4 Å². The largest absolute Gasteiger partial charge is 0.393 e. The molecule has 4 aliphatic carbocycles. The molecule has 7 atom stereocenters. The molecule has 3 fully saturated rings. The smallest absolute Gasteiger partial charge is 0.178 e. The number of aliphatic hydroxyl groups excluding tert-OH is 1. The summed E-state index contributed by atoms with van der Waals surface area (Å²) in [7, 11) is 0. The van der Waals surface area contributed by atoms with Gasteiger partial charge in [-0.3, -0.25) is 4.79 Å². The number of allylic oxidation sites excluding steroid dienone is 3. The Labute approximate surface area is 144 Å². The molecule has 0 spiro atoms. The molecule has 4 aliphatic rings. The van der Waals surface area contributed by atoms with Crippen LogP contribution in [0.2, 0.25) is 0 Å². The maximum Gasteiger partial charge on any atom is 0.178 e. The summed E-state index contributed by atoms with van der Waals surface area (Å²) < 4.78 is 0. The maximum absolute atomic E-state index is 11.9. The van der Waals surface area contributed by atoms with Crippen LogP contribution in [0.4, 0.5) is 0 Å². The number of carbonyl (C=O) groups is 1. The van der Waals surface area contributed by atoms with E-state index < -0.39 is 0 Å². The van der Waals surface area contributed by atoms with Gasteiger partial charge in [-0.1, -0.05) is 25.5 Å². The van der Waals surface area contributed by atoms with E-state index in [1.54, 1.807) is 6.08 Å². The summed E-state index contributed by atoms with van der Waals surface area (Å²) in [5.74, 6) is 7.11. The Morgan fingerprint density at radius 2 is 2.00 bits per heavy atom. The van der Waals surface area contributed by atoms with Crippen molar-refractivity contribution >= 4 is 5.78 Å². The molecule has 0 aromatic heterocycles. The topological polar surface area (TPSA) is 72.5 Å². The van der Waals surface area contributed by atoms with Crippen molar-refractivity contribution in [3.63, 3.8) is 0 Å². The molecular weight excluding hydrogens is 302 g/mol. The van der Waals surface area contributed by atoms with Crippen LogP contribution >= 0.6 is 0 Å². The van der Waals surface area contributed by atoms with Gasteiger partial charge in [0.25, 0.3) is 0 Å². The molecule has 4 heteroatoms. The Balaban J connectivity index is 1.74. The molecule has 0 aromatic rings. The Morgan fingerprint density at radius 3 is 2.75 bits per heavy atom. The molecule has 132 valence electrons. The molecule has 0 amide bonds. The lowest BCUT2D eigenvalue weighted by Crippen LogP contribution is -2.54. The second kappa shape index (κ2) is 5.52. The van der Waals surface area contributed by atoms with Crippen LogP contribution in [0.1, 0.15) is 46.0 Å². The van der Waals surface area contributed by atoms with Crippen molar-refractivity contribution in [2.45, 2.75) is 52.1 Å². The van der Waals surface area contributed by atoms with Gasteiger partial charge in [0.2, 0.25) is 0 Å². The van der Waals surface area contributed by atoms with Gasteiger partial charge in [-0.2, -0.15) is 0 Å². The third-order valence-corrected chi connectivity index (χ3v) is 8.03. The molecule has 0 saturated heterocycles. The summed E-state index contributed by atoms with van der Waals surface area (Å²) in [4.78, 5) is 17.0. The lowest BCUT2D eigenvalue weighted by atomic mass is 9.45. The van der Waals surface area contributed by atoms with Gasteiger partial charge in [0.05, 0.1) is 12.7 Å². The zero-order valence-corrected chi connectivity index (χ0v) is 14.7. The van der Waals surface area contributed by atoms with Gasteiger partial charge >= 0.3 is 0 Å². The summed E-state index contributed by atoms with van der Waals surface area (Å²) >= 11 is 0. The molecule has 0 heterocycles. The fourth-order valence-electron chi connectivity index (χ4n) is 6.56. The van der Waals surface area contributed by atoms with E-state index in [0.717, 1.165) is 32.1 Å². The fourth-order valence-corrected chi connectivity index (χ4v) is 6.56. The molecule has 24 heavy (non-hydrogen) atoms. The quantitative estimate of drug-likeness (QED) is 0.763. The summed E-state index contributed by atoms with van der Waals surface area (Å²) in [6.07, 6.45) is 10.8. The van der Waals surface area contributed by atoms with Gasteiger partial charge in [-0.05, 0) is 66.9 Å². The molecular formula is C20H29NO3. The molecule has 0 aromatic carbocycles. The molecule has 0 bridgehead atoms. The number of aliphatic hydroxyl groups is 1. The summed E-state index contributed by atoms with van der Waals surface area (Å²) in [5.41, 5.74) is 1.43. The zero-order chi connectivity index (χ0) is 17.1. The minimum absolute atomic E-state index is 0.0493. The van der Waals surface area contributed by atoms with Crippen LogP contribution in [-0.4, -0.2) is 23.6 Å². The zero-order valence-electron chi connectivity index (χ0n) is 14.7. The van der Waals surface area contributed by atoms with Crippen LogP contribution in [0, 0.1) is 34.5 Å². The van der Waals surface area contributed by atoms with E-state index in [2.05, 4.69) is 19.9 Å². The molecule has 0 aliphatic heterocycles. The van der Waals surface area contributed by atoms with Gasteiger partial charge in [0.15, 0.2) is 5.78 Å². The van der Waals surface area contributed by atoms with E-state index in [9.17, 15) is 9.90 Å². The predicted molar refractivity (Wildman–Crippen MR) is 91.6 cm³/mol.